The second kappa shape index (κ2) is 5.46. The maximum atomic E-state index is 8.84. The predicted octanol–water partition coefficient (Wildman–Crippen LogP) is 4.11. The molecule has 0 saturated heterocycles. The molecule has 0 fully saturated rings. The van der Waals surface area contributed by atoms with E-state index < -0.39 is 0 Å². The van der Waals surface area contributed by atoms with E-state index in [0.29, 0.717) is 5.56 Å². The molecule has 21 heavy (non-hydrogen) atoms. The van der Waals surface area contributed by atoms with E-state index in [1.807, 2.05) is 24.3 Å². The van der Waals surface area contributed by atoms with Crippen LogP contribution in [0.5, 0.6) is 0 Å². The van der Waals surface area contributed by atoms with Gasteiger partial charge in [0.05, 0.1) is 11.6 Å². The van der Waals surface area contributed by atoms with Crippen molar-refractivity contribution in [2.75, 3.05) is 19.0 Å². The first-order valence-corrected chi connectivity index (χ1v) is 7.19. The third-order valence-corrected chi connectivity index (χ3v) is 4.00. The van der Waals surface area contributed by atoms with Gasteiger partial charge in [0.1, 0.15) is 0 Å². The summed E-state index contributed by atoms with van der Waals surface area (Å²) in [5.41, 5.74) is 7.31. The molecule has 0 atom stereocenters. The van der Waals surface area contributed by atoms with Crippen LogP contribution in [0.4, 0.5) is 5.69 Å². The second-order valence-electron chi connectivity index (χ2n) is 5.64. The molecule has 0 bridgehead atoms. The van der Waals surface area contributed by atoms with Crippen LogP contribution in [0.3, 0.4) is 0 Å². The number of rotatable bonds is 2. The molecule has 2 heteroatoms. The van der Waals surface area contributed by atoms with Gasteiger partial charge in [0, 0.05) is 19.8 Å². The maximum Gasteiger partial charge on any atom is 0.0991 e. The Morgan fingerprint density at radius 1 is 1.05 bits per heavy atom. The summed E-state index contributed by atoms with van der Waals surface area (Å²) < 4.78 is 0. The van der Waals surface area contributed by atoms with Gasteiger partial charge in [-0.3, -0.25) is 0 Å². The number of benzene rings is 2. The van der Waals surface area contributed by atoms with Crippen LogP contribution < -0.4 is 4.90 Å². The summed E-state index contributed by atoms with van der Waals surface area (Å²) in [4.78, 5) is 2.14. The first-order valence-electron chi connectivity index (χ1n) is 7.19. The van der Waals surface area contributed by atoms with Crippen LogP contribution in [-0.4, -0.2) is 14.1 Å². The van der Waals surface area contributed by atoms with Gasteiger partial charge in [-0.05, 0) is 59.4 Å². The summed E-state index contributed by atoms with van der Waals surface area (Å²) in [5, 5.41) is 8.84. The zero-order valence-electron chi connectivity index (χ0n) is 12.4. The Balaban J connectivity index is 1.93. The summed E-state index contributed by atoms with van der Waals surface area (Å²) >= 11 is 0. The Morgan fingerprint density at radius 3 is 2.48 bits per heavy atom. The number of anilines is 1. The van der Waals surface area contributed by atoms with E-state index in [4.69, 9.17) is 5.26 Å². The van der Waals surface area contributed by atoms with E-state index in [2.05, 4.69) is 49.3 Å². The zero-order valence-corrected chi connectivity index (χ0v) is 12.4. The minimum Gasteiger partial charge on any atom is -0.378 e. The van der Waals surface area contributed by atoms with Crippen LogP contribution in [0.1, 0.15) is 28.7 Å². The number of nitriles is 1. The molecule has 0 amide bonds. The summed E-state index contributed by atoms with van der Waals surface area (Å²) in [6.07, 6.45) is 4.44. The number of hydrogen-bond donors (Lipinski definition) is 0. The monoisotopic (exact) mass is 274 g/mol. The molecule has 0 aromatic heterocycles. The standard InChI is InChI=1S/C19H18N2/c1-21(2)18-9-10-19-16(7-8-17(19)12-18)11-14-3-5-15(13-20)6-4-14/h3-6,9-12H,7-8H2,1-2H3/b16-11+. The summed E-state index contributed by atoms with van der Waals surface area (Å²) in [7, 11) is 4.15. The second-order valence-corrected chi connectivity index (χ2v) is 5.64. The van der Waals surface area contributed by atoms with Crippen molar-refractivity contribution in [1.29, 1.82) is 5.26 Å². The molecule has 1 aliphatic rings. The molecule has 0 saturated carbocycles. The van der Waals surface area contributed by atoms with Crippen molar-refractivity contribution >= 4 is 17.3 Å². The van der Waals surface area contributed by atoms with E-state index in [-0.39, 0.29) is 0 Å². The normalized spacial score (nSPS) is 14.8. The van der Waals surface area contributed by atoms with Gasteiger partial charge in [0.2, 0.25) is 0 Å². The lowest BCUT2D eigenvalue weighted by Gasteiger charge is -2.13. The van der Waals surface area contributed by atoms with Gasteiger partial charge in [0.25, 0.3) is 0 Å². The quantitative estimate of drug-likeness (QED) is 0.824. The van der Waals surface area contributed by atoms with Crippen molar-refractivity contribution < 1.29 is 0 Å². The van der Waals surface area contributed by atoms with Gasteiger partial charge >= 0.3 is 0 Å². The third kappa shape index (κ3) is 2.68. The topological polar surface area (TPSA) is 27.0 Å². The number of nitrogens with zero attached hydrogens (tertiary/aromatic N) is 2. The van der Waals surface area contributed by atoms with E-state index in [0.717, 1.165) is 18.4 Å². The average Bonchev–Trinajstić information content (AvgIpc) is 2.90. The van der Waals surface area contributed by atoms with Gasteiger partial charge in [-0.15, -0.1) is 0 Å². The third-order valence-electron chi connectivity index (χ3n) is 4.00. The maximum absolute atomic E-state index is 8.84. The minimum absolute atomic E-state index is 0.708. The molecule has 2 nitrogen and oxygen atoms in total. The molecule has 0 unspecified atom stereocenters. The fourth-order valence-electron chi connectivity index (χ4n) is 2.79. The Hall–Kier alpha value is -2.53. The van der Waals surface area contributed by atoms with Gasteiger partial charge in [-0.25, -0.2) is 0 Å². The Labute approximate surface area is 126 Å². The summed E-state index contributed by atoms with van der Waals surface area (Å²) in [6, 6.07) is 16.6. The number of aryl methyl sites for hydroxylation is 1. The predicted molar refractivity (Wildman–Crippen MR) is 88.1 cm³/mol. The molecule has 3 rings (SSSR count). The van der Waals surface area contributed by atoms with E-state index in [1.165, 1.54) is 22.4 Å². The molecule has 2 aromatic carbocycles. The van der Waals surface area contributed by atoms with Gasteiger partial charge < -0.3 is 4.90 Å². The van der Waals surface area contributed by atoms with E-state index in [9.17, 15) is 0 Å². The van der Waals surface area contributed by atoms with E-state index in [1.54, 1.807) is 0 Å². The van der Waals surface area contributed by atoms with Crippen LogP contribution in [0.25, 0.3) is 11.6 Å². The molecule has 0 heterocycles. The molecule has 0 spiro atoms. The highest BCUT2D eigenvalue weighted by Crippen LogP contribution is 2.35. The van der Waals surface area contributed by atoms with Crippen molar-refractivity contribution in [1.82, 2.24) is 0 Å². The summed E-state index contributed by atoms with van der Waals surface area (Å²) in [6.45, 7) is 0. The molecule has 1 aliphatic carbocycles. The largest absolute Gasteiger partial charge is 0.378 e. The van der Waals surface area contributed by atoms with Crippen molar-refractivity contribution in [3.63, 3.8) is 0 Å². The average molecular weight is 274 g/mol. The molecular weight excluding hydrogens is 256 g/mol. The van der Waals surface area contributed by atoms with E-state index >= 15 is 0 Å². The number of allylic oxidation sites excluding steroid dienone is 1. The number of hydrogen-bond acceptors (Lipinski definition) is 2. The van der Waals surface area contributed by atoms with Crippen molar-refractivity contribution in [3.8, 4) is 6.07 Å². The lowest BCUT2D eigenvalue weighted by Crippen LogP contribution is -2.08. The lowest BCUT2D eigenvalue weighted by atomic mass is 10.0. The Kier molecular flexibility index (Phi) is 3.50. The summed E-state index contributed by atoms with van der Waals surface area (Å²) in [5.74, 6) is 0. The highest BCUT2D eigenvalue weighted by Gasteiger charge is 2.16. The first kappa shape index (κ1) is 13.5. The smallest absolute Gasteiger partial charge is 0.0991 e. The van der Waals surface area contributed by atoms with Crippen LogP contribution in [0.2, 0.25) is 0 Å². The highest BCUT2D eigenvalue weighted by atomic mass is 15.1. The highest BCUT2D eigenvalue weighted by molar-refractivity contribution is 5.86. The molecule has 104 valence electrons. The fraction of sp³-hybridized carbons (Fsp3) is 0.211. The van der Waals surface area contributed by atoms with Gasteiger partial charge in [0.15, 0.2) is 0 Å². The van der Waals surface area contributed by atoms with Gasteiger partial charge in [-0.2, -0.15) is 5.26 Å². The Bertz CT molecular complexity index is 731. The van der Waals surface area contributed by atoms with Crippen molar-refractivity contribution in [3.05, 3.63) is 64.7 Å². The Morgan fingerprint density at radius 2 is 1.81 bits per heavy atom. The minimum atomic E-state index is 0.708. The number of fused-ring (bicyclic) bond motifs is 1. The fourth-order valence-corrected chi connectivity index (χ4v) is 2.79. The molecule has 2 aromatic rings. The van der Waals surface area contributed by atoms with Crippen molar-refractivity contribution in [2.24, 2.45) is 0 Å². The first-order chi connectivity index (χ1) is 10.2. The zero-order chi connectivity index (χ0) is 14.8. The van der Waals surface area contributed by atoms with Crippen LogP contribution >= 0.6 is 0 Å². The van der Waals surface area contributed by atoms with Crippen LogP contribution in [0, 0.1) is 11.3 Å². The molecule has 0 N–H and O–H groups in total. The molecular formula is C19H18N2. The van der Waals surface area contributed by atoms with Gasteiger partial charge in [-0.1, -0.05) is 24.3 Å². The molecule has 0 aliphatic heterocycles. The van der Waals surface area contributed by atoms with Crippen LogP contribution in [0.15, 0.2) is 42.5 Å². The SMILES string of the molecule is CN(C)c1ccc2c(c1)CC/C2=C\c1ccc(C#N)cc1. The molecule has 0 radical (unpaired) electrons. The van der Waals surface area contributed by atoms with Crippen LogP contribution in [-0.2, 0) is 6.42 Å². The van der Waals surface area contributed by atoms with Crippen molar-refractivity contribution in [2.45, 2.75) is 12.8 Å². The lowest BCUT2D eigenvalue weighted by molar-refractivity contribution is 1.07.